The van der Waals surface area contributed by atoms with Crippen LogP contribution in [0.1, 0.15) is 11.1 Å². The van der Waals surface area contributed by atoms with Gasteiger partial charge in [-0.15, -0.1) is 0 Å². The molecule has 0 radical (unpaired) electrons. The zero-order chi connectivity index (χ0) is 14.9. The highest BCUT2D eigenvalue weighted by molar-refractivity contribution is 8.02. The van der Waals surface area contributed by atoms with Gasteiger partial charge in [0.25, 0.3) is 0 Å². The van der Waals surface area contributed by atoms with Crippen molar-refractivity contribution < 1.29 is 0 Å². The number of thioether (sulfide) groups is 1. The highest BCUT2D eigenvalue weighted by Gasteiger charge is 2.13. The second-order valence-electron chi connectivity index (χ2n) is 5.41. The fourth-order valence-electron chi connectivity index (χ4n) is 2.78. The van der Waals surface area contributed by atoms with Crippen molar-refractivity contribution >= 4 is 28.7 Å². The number of allylic oxidation sites excluding steroid dienone is 2. The lowest BCUT2D eigenvalue weighted by molar-refractivity contribution is 1.37. The van der Waals surface area contributed by atoms with Crippen molar-refractivity contribution in [3.05, 3.63) is 77.3 Å². The molecule has 2 heteroatoms. The Hall–Kier alpha value is -2.32. The van der Waals surface area contributed by atoms with Crippen molar-refractivity contribution in [1.29, 1.82) is 0 Å². The monoisotopic (exact) mass is 301 g/mol. The number of nitrogens with zero attached hydrogens (tertiary/aromatic N) is 1. The minimum Gasteiger partial charge on any atom is -0.256 e. The van der Waals surface area contributed by atoms with Gasteiger partial charge < -0.3 is 0 Å². The third-order valence-corrected chi connectivity index (χ3v) is 4.87. The summed E-state index contributed by atoms with van der Waals surface area (Å²) in [6, 6.07) is 15.1. The normalized spacial score (nSPS) is 13.1. The lowest BCUT2D eigenvalue weighted by atomic mass is 9.99. The predicted octanol–water partition coefficient (Wildman–Crippen LogP) is 5.84. The molecule has 0 saturated heterocycles. The molecule has 3 aromatic rings. The topological polar surface area (TPSA) is 12.9 Å². The number of fused-ring (bicyclic) bond motifs is 3. The smallest absolute Gasteiger partial charge is 0.0720 e. The summed E-state index contributed by atoms with van der Waals surface area (Å²) in [7, 11) is 0. The molecule has 0 saturated carbocycles. The molecule has 0 N–H and O–H groups in total. The molecule has 1 aromatic heterocycles. The van der Waals surface area contributed by atoms with Crippen LogP contribution in [0.25, 0.3) is 28.1 Å². The Morgan fingerprint density at radius 2 is 1.77 bits per heavy atom. The first kappa shape index (κ1) is 13.4. The number of rotatable bonds is 1. The quantitative estimate of drug-likeness (QED) is 0.560. The minimum absolute atomic E-state index is 1.05. The highest BCUT2D eigenvalue weighted by Crippen LogP contribution is 2.39. The number of aromatic nitrogens is 1. The van der Waals surface area contributed by atoms with Crippen LogP contribution >= 0.6 is 11.8 Å². The van der Waals surface area contributed by atoms with Crippen molar-refractivity contribution in [2.45, 2.75) is 11.8 Å². The average molecular weight is 301 g/mol. The molecular formula is C20H15NS. The van der Waals surface area contributed by atoms with Crippen LogP contribution in [0.4, 0.5) is 0 Å². The maximum absolute atomic E-state index is 4.56. The Labute approximate surface area is 134 Å². The van der Waals surface area contributed by atoms with E-state index in [9.17, 15) is 0 Å². The fourth-order valence-corrected chi connectivity index (χ4v) is 3.69. The summed E-state index contributed by atoms with van der Waals surface area (Å²) in [4.78, 5) is 5.85. The Morgan fingerprint density at radius 1 is 0.909 bits per heavy atom. The van der Waals surface area contributed by atoms with Gasteiger partial charge in [-0.2, -0.15) is 0 Å². The maximum Gasteiger partial charge on any atom is 0.0720 e. The SMILES string of the molecule is Cc1ccc(-c2ccnc3ccc4c(c23)SC=CC=C4)cc1. The molecule has 1 aliphatic rings. The summed E-state index contributed by atoms with van der Waals surface area (Å²) >= 11 is 1.77. The third kappa shape index (κ3) is 2.26. The van der Waals surface area contributed by atoms with Crippen LogP contribution in [0, 0.1) is 6.92 Å². The van der Waals surface area contributed by atoms with Crippen molar-refractivity contribution in [1.82, 2.24) is 4.98 Å². The second-order valence-corrected chi connectivity index (χ2v) is 6.32. The maximum atomic E-state index is 4.56. The van der Waals surface area contributed by atoms with Crippen LogP contribution < -0.4 is 0 Å². The van der Waals surface area contributed by atoms with Crippen molar-refractivity contribution in [3.63, 3.8) is 0 Å². The van der Waals surface area contributed by atoms with Crippen LogP contribution in [0.5, 0.6) is 0 Å². The Morgan fingerprint density at radius 3 is 2.64 bits per heavy atom. The largest absolute Gasteiger partial charge is 0.256 e. The average Bonchev–Trinajstić information content (AvgIpc) is 2.80. The number of aryl methyl sites for hydroxylation is 1. The van der Waals surface area contributed by atoms with E-state index in [-0.39, 0.29) is 0 Å². The number of pyridine rings is 1. The molecule has 0 spiro atoms. The van der Waals surface area contributed by atoms with Gasteiger partial charge in [0.15, 0.2) is 0 Å². The molecule has 0 atom stereocenters. The Balaban J connectivity index is 2.05. The molecular weight excluding hydrogens is 286 g/mol. The zero-order valence-electron chi connectivity index (χ0n) is 12.3. The van der Waals surface area contributed by atoms with Crippen LogP contribution in [0.15, 0.2) is 71.1 Å². The van der Waals surface area contributed by atoms with E-state index in [0.29, 0.717) is 0 Å². The van der Waals surface area contributed by atoms with Crippen molar-refractivity contribution in [3.8, 4) is 11.1 Å². The second kappa shape index (κ2) is 5.47. The minimum atomic E-state index is 1.05. The van der Waals surface area contributed by atoms with Gasteiger partial charge in [-0.3, -0.25) is 4.98 Å². The van der Waals surface area contributed by atoms with E-state index in [2.05, 4.69) is 78.0 Å². The van der Waals surface area contributed by atoms with Gasteiger partial charge in [-0.1, -0.05) is 65.9 Å². The van der Waals surface area contributed by atoms with Gasteiger partial charge >= 0.3 is 0 Å². The summed E-state index contributed by atoms with van der Waals surface area (Å²) < 4.78 is 0. The fraction of sp³-hybridized carbons (Fsp3) is 0.0500. The summed E-state index contributed by atoms with van der Waals surface area (Å²) in [6.07, 6.45) is 8.24. The van der Waals surface area contributed by atoms with E-state index in [1.165, 1.54) is 32.5 Å². The summed E-state index contributed by atoms with van der Waals surface area (Å²) in [5, 5.41) is 3.37. The zero-order valence-corrected chi connectivity index (χ0v) is 13.1. The lowest BCUT2D eigenvalue weighted by Crippen LogP contribution is -1.89. The Bertz CT molecular complexity index is 905. The molecule has 106 valence electrons. The first-order valence-electron chi connectivity index (χ1n) is 7.31. The lowest BCUT2D eigenvalue weighted by Gasteiger charge is -2.12. The first-order valence-corrected chi connectivity index (χ1v) is 8.19. The van der Waals surface area contributed by atoms with Gasteiger partial charge in [0.1, 0.15) is 0 Å². The van der Waals surface area contributed by atoms with E-state index in [4.69, 9.17) is 0 Å². The number of hydrogen-bond acceptors (Lipinski definition) is 2. The van der Waals surface area contributed by atoms with Gasteiger partial charge in [-0.25, -0.2) is 0 Å². The van der Waals surface area contributed by atoms with Gasteiger partial charge in [0, 0.05) is 16.5 Å². The standard InChI is InChI=1S/C20H15NS/c1-14-5-7-15(8-6-14)17-11-12-21-18-10-9-16-4-2-3-13-22-20(16)19(17)18/h2-13H,1H3. The van der Waals surface area contributed by atoms with E-state index in [0.717, 1.165) is 5.52 Å². The molecule has 1 nitrogen and oxygen atoms in total. The molecule has 0 aliphatic carbocycles. The predicted molar refractivity (Wildman–Crippen MR) is 95.9 cm³/mol. The molecule has 22 heavy (non-hydrogen) atoms. The van der Waals surface area contributed by atoms with Gasteiger partial charge in [0.05, 0.1) is 5.52 Å². The van der Waals surface area contributed by atoms with Crippen LogP contribution in [0.3, 0.4) is 0 Å². The molecule has 0 bridgehead atoms. The summed E-state index contributed by atoms with van der Waals surface area (Å²) in [6.45, 7) is 2.12. The summed E-state index contributed by atoms with van der Waals surface area (Å²) in [5.41, 5.74) is 6.07. The molecule has 1 aliphatic heterocycles. The molecule has 4 rings (SSSR count). The van der Waals surface area contributed by atoms with E-state index in [1.54, 1.807) is 11.8 Å². The molecule has 0 unspecified atom stereocenters. The number of hydrogen-bond donors (Lipinski definition) is 0. The third-order valence-electron chi connectivity index (χ3n) is 3.90. The van der Waals surface area contributed by atoms with Gasteiger partial charge in [0.2, 0.25) is 0 Å². The van der Waals surface area contributed by atoms with Crippen LogP contribution in [-0.4, -0.2) is 4.98 Å². The Kier molecular flexibility index (Phi) is 3.32. The summed E-state index contributed by atoms with van der Waals surface area (Å²) in [5.74, 6) is 0. The van der Waals surface area contributed by atoms with Crippen LogP contribution in [-0.2, 0) is 0 Å². The van der Waals surface area contributed by atoms with Crippen molar-refractivity contribution in [2.24, 2.45) is 0 Å². The number of benzene rings is 2. The molecule has 2 aromatic carbocycles. The molecule has 2 heterocycles. The van der Waals surface area contributed by atoms with Crippen molar-refractivity contribution in [2.75, 3.05) is 0 Å². The van der Waals surface area contributed by atoms with E-state index >= 15 is 0 Å². The van der Waals surface area contributed by atoms with Crippen LogP contribution in [0.2, 0.25) is 0 Å². The van der Waals surface area contributed by atoms with E-state index < -0.39 is 0 Å². The van der Waals surface area contributed by atoms with Gasteiger partial charge in [-0.05, 0) is 41.2 Å². The highest BCUT2D eigenvalue weighted by atomic mass is 32.2. The van der Waals surface area contributed by atoms with E-state index in [1.807, 2.05) is 6.20 Å². The molecule has 0 fully saturated rings. The first-order chi connectivity index (χ1) is 10.8. The molecule has 0 amide bonds.